The van der Waals surface area contributed by atoms with Gasteiger partial charge in [0.1, 0.15) is 5.82 Å². The Morgan fingerprint density at radius 1 is 0.821 bits per heavy atom. The molecule has 0 bridgehead atoms. The molecule has 4 nitrogen and oxygen atoms in total. The number of Topliss-reactive ketones (excluding diaryl/α,β-unsaturated/α-hetero) is 2. The van der Waals surface area contributed by atoms with E-state index in [9.17, 15) is 14.0 Å². The smallest absolute Gasteiger partial charge is 0.286 e. The number of pyridine rings is 1. The fraction of sp³-hybridized carbons (Fsp3) is 0.0455. The Hall–Kier alpha value is -2.87. The zero-order valence-corrected chi connectivity index (χ0v) is 17.1. The molecule has 0 unspecified atom stereocenters. The number of anilines is 1. The molecule has 0 saturated heterocycles. The molecule has 0 fully saturated rings. The first-order chi connectivity index (χ1) is 13.0. The SMILES string of the molecule is Cc1cc[n+](C2=C(Nc3ccc(F)cc3)C(=O)c3ccccc3C2=O)cc1.[I-]. The molecule has 3 aromatic rings. The van der Waals surface area contributed by atoms with E-state index in [1.807, 2.05) is 19.1 Å². The van der Waals surface area contributed by atoms with E-state index >= 15 is 0 Å². The maximum Gasteiger partial charge on any atom is 0.286 e. The van der Waals surface area contributed by atoms with E-state index in [2.05, 4.69) is 5.32 Å². The zero-order valence-electron chi connectivity index (χ0n) is 14.9. The second-order valence-corrected chi connectivity index (χ2v) is 6.34. The maximum atomic E-state index is 13.2. The number of carbonyl (C=O) groups is 2. The number of carbonyl (C=O) groups excluding carboxylic acids is 2. The minimum atomic E-state index is -0.376. The molecule has 1 aliphatic carbocycles. The topological polar surface area (TPSA) is 50.1 Å². The molecule has 0 amide bonds. The Morgan fingerprint density at radius 2 is 1.39 bits per heavy atom. The number of aryl methyl sites for hydroxylation is 1. The fourth-order valence-corrected chi connectivity index (χ4v) is 3.05. The third-order valence-electron chi connectivity index (χ3n) is 4.46. The van der Waals surface area contributed by atoms with Gasteiger partial charge in [0.15, 0.2) is 18.1 Å². The highest BCUT2D eigenvalue weighted by Gasteiger charge is 2.38. The Kier molecular flexibility index (Phi) is 5.69. The van der Waals surface area contributed by atoms with Gasteiger partial charge in [0.25, 0.3) is 11.5 Å². The number of benzene rings is 2. The number of fused-ring (bicyclic) bond motifs is 1. The van der Waals surface area contributed by atoms with Crippen molar-refractivity contribution >= 4 is 23.0 Å². The number of nitrogens with zero attached hydrogens (tertiary/aromatic N) is 1. The highest BCUT2D eigenvalue weighted by Crippen LogP contribution is 2.27. The van der Waals surface area contributed by atoms with Crippen LogP contribution in [0.3, 0.4) is 0 Å². The summed E-state index contributed by atoms with van der Waals surface area (Å²) >= 11 is 0. The van der Waals surface area contributed by atoms with E-state index in [0.29, 0.717) is 16.8 Å². The van der Waals surface area contributed by atoms with Crippen LogP contribution < -0.4 is 33.9 Å². The molecule has 0 atom stereocenters. The van der Waals surface area contributed by atoms with Crippen LogP contribution in [0.5, 0.6) is 0 Å². The summed E-state index contributed by atoms with van der Waals surface area (Å²) in [6.45, 7) is 1.94. The Morgan fingerprint density at radius 3 is 2.00 bits per heavy atom. The number of halogens is 2. The van der Waals surface area contributed by atoms with Gasteiger partial charge in [0.05, 0.1) is 0 Å². The summed E-state index contributed by atoms with van der Waals surface area (Å²) in [5.74, 6) is -0.902. The molecule has 1 aromatic heterocycles. The highest BCUT2D eigenvalue weighted by molar-refractivity contribution is 6.36. The molecule has 0 spiro atoms. The summed E-state index contributed by atoms with van der Waals surface area (Å²) in [6.07, 6.45) is 3.49. The second-order valence-electron chi connectivity index (χ2n) is 6.34. The first-order valence-corrected chi connectivity index (χ1v) is 8.48. The third-order valence-corrected chi connectivity index (χ3v) is 4.46. The molecule has 6 heteroatoms. The van der Waals surface area contributed by atoms with E-state index in [-0.39, 0.29) is 52.8 Å². The molecule has 28 heavy (non-hydrogen) atoms. The van der Waals surface area contributed by atoms with Gasteiger partial charge in [-0.1, -0.05) is 24.3 Å². The molecule has 0 aliphatic heterocycles. The van der Waals surface area contributed by atoms with Gasteiger partial charge in [-0.3, -0.25) is 9.59 Å². The first kappa shape index (κ1) is 19.9. The molecule has 1 aliphatic rings. The Labute approximate surface area is 178 Å². The van der Waals surface area contributed by atoms with Crippen molar-refractivity contribution in [2.75, 3.05) is 5.32 Å². The quantitative estimate of drug-likeness (QED) is 0.440. The molecule has 1 N–H and O–H groups in total. The Balaban J connectivity index is 0.00000225. The predicted molar refractivity (Wildman–Crippen MR) is 99.7 cm³/mol. The van der Waals surface area contributed by atoms with E-state index in [0.717, 1.165) is 5.56 Å². The highest BCUT2D eigenvalue weighted by atomic mass is 127. The van der Waals surface area contributed by atoms with Crippen LogP contribution in [0.4, 0.5) is 10.1 Å². The van der Waals surface area contributed by atoms with Crippen molar-refractivity contribution in [2.45, 2.75) is 6.92 Å². The van der Waals surface area contributed by atoms with Crippen LogP contribution in [0, 0.1) is 12.7 Å². The van der Waals surface area contributed by atoms with E-state index in [4.69, 9.17) is 0 Å². The number of hydrogen-bond acceptors (Lipinski definition) is 3. The monoisotopic (exact) mass is 486 g/mol. The number of allylic oxidation sites excluding steroid dienone is 2. The lowest BCUT2D eigenvalue weighted by Crippen LogP contribution is -3.00. The standard InChI is InChI=1S/C22H15FN2O2.HI/c1-14-10-12-25(13-11-14)20-19(24-16-8-6-15(23)7-9-16)21(26)17-4-2-3-5-18(17)22(20)27;/h2-13H,1H3;1H. The lowest BCUT2D eigenvalue weighted by molar-refractivity contribution is -0.577. The number of rotatable bonds is 3. The predicted octanol–water partition coefficient (Wildman–Crippen LogP) is 0.786. The minimum absolute atomic E-state index is 0. The van der Waals surface area contributed by atoms with Crippen LogP contribution >= 0.6 is 0 Å². The first-order valence-electron chi connectivity index (χ1n) is 8.48. The van der Waals surface area contributed by atoms with Gasteiger partial charge >= 0.3 is 0 Å². The van der Waals surface area contributed by atoms with Crippen molar-refractivity contribution < 1.29 is 42.5 Å². The van der Waals surface area contributed by atoms with Crippen molar-refractivity contribution in [3.05, 3.63) is 101 Å². The van der Waals surface area contributed by atoms with Crippen molar-refractivity contribution in [3.63, 3.8) is 0 Å². The lowest BCUT2D eigenvalue weighted by atomic mass is 9.90. The van der Waals surface area contributed by atoms with E-state index in [1.54, 1.807) is 41.2 Å². The third kappa shape index (κ3) is 3.60. The summed E-state index contributed by atoms with van der Waals surface area (Å²) in [7, 11) is 0. The van der Waals surface area contributed by atoms with Gasteiger partial charge in [-0.05, 0) is 36.8 Å². The summed E-state index contributed by atoms with van der Waals surface area (Å²) in [5, 5.41) is 3.01. The van der Waals surface area contributed by atoms with Crippen molar-refractivity contribution in [1.29, 1.82) is 0 Å². The summed E-state index contributed by atoms with van der Waals surface area (Å²) in [4.78, 5) is 26.3. The summed E-state index contributed by atoms with van der Waals surface area (Å²) in [5.41, 5.74) is 2.69. The van der Waals surface area contributed by atoms with Crippen molar-refractivity contribution in [1.82, 2.24) is 0 Å². The number of ketones is 2. The normalized spacial score (nSPS) is 13.1. The van der Waals surface area contributed by atoms with Gasteiger partial charge in [-0.25, -0.2) is 4.39 Å². The van der Waals surface area contributed by atoms with Crippen LogP contribution in [-0.4, -0.2) is 11.6 Å². The maximum absolute atomic E-state index is 13.2. The van der Waals surface area contributed by atoms with Crippen LogP contribution in [0.25, 0.3) is 5.70 Å². The number of aromatic nitrogens is 1. The van der Waals surface area contributed by atoms with Gasteiger partial charge in [0.2, 0.25) is 5.78 Å². The minimum Gasteiger partial charge on any atom is -1.00 e. The molecule has 4 rings (SSSR count). The molecular weight excluding hydrogens is 470 g/mol. The van der Waals surface area contributed by atoms with E-state index in [1.165, 1.54) is 24.3 Å². The molecule has 1 heterocycles. The fourth-order valence-electron chi connectivity index (χ4n) is 3.05. The van der Waals surface area contributed by atoms with Gasteiger partial charge < -0.3 is 29.3 Å². The largest absolute Gasteiger partial charge is 1.00 e. The van der Waals surface area contributed by atoms with Crippen LogP contribution in [-0.2, 0) is 0 Å². The van der Waals surface area contributed by atoms with Crippen molar-refractivity contribution in [3.8, 4) is 0 Å². The lowest BCUT2D eigenvalue weighted by Gasteiger charge is -2.18. The van der Waals surface area contributed by atoms with Gasteiger partial charge in [0, 0.05) is 28.9 Å². The zero-order chi connectivity index (χ0) is 19.0. The average Bonchev–Trinajstić information content (AvgIpc) is 2.69. The molecule has 0 radical (unpaired) electrons. The Bertz CT molecular complexity index is 1090. The van der Waals surface area contributed by atoms with Gasteiger partial charge in [-0.15, -0.1) is 0 Å². The molecule has 0 saturated carbocycles. The van der Waals surface area contributed by atoms with Gasteiger partial charge in [-0.2, -0.15) is 4.57 Å². The summed E-state index contributed by atoms with van der Waals surface area (Å²) in [6, 6.07) is 16.1. The number of hydrogen-bond donors (Lipinski definition) is 1. The van der Waals surface area contributed by atoms with E-state index < -0.39 is 0 Å². The molecule has 2 aromatic carbocycles. The van der Waals surface area contributed by atoms with Crippen LogP contribution in [0.1, 0.15) is 26.3 Å². The van der Waals surface area contributed by atoms with Crippen LogP contribution in [0.2, 0.25) is 0 Å². The second kappa shape index (κ2) is 8.02. The van der Waals surface area contributed by atoms with Crippen LogP contribution in [0.15, 0.2) is 78.8 Å². The average molecular weight is 486 g/mol. The summed E-state index contributed by atoms with van der Waals surface area (Å²) < 4.78 is 14.8. The molecule has 140 valence electrons. The van der Waals surface area contributed by atoms with Crippen molar-refractivity contribution in [2.24, 2.45) is 0 Å². The number of nitrogens with one attached hydrogen (secondary N) is 1. The molecular formula is C22H16FIN2O2.